The minimum Gasteiger partial charge on any atom is -0.345 e. The van der Waals surface area contributed by atoms with E-state index in [4.69, 9.17) is 13.7 Å². The highest BCUT2D eigenvalue weighted by Crippen LogP contribution is 2.37. The molecule has 6 heteroatoms. The Morgan fingerprint density at radius 2 is 2.43 bits per heavy atom. The Morgan fingerprint density at radius 3 is 3.26 bits per heavy atom. The highest BCUT2D eigenvalue weighted by atomic mass is 15.3. The van der Waals surface area contributed by atoms with Gasteiger partial charge in [0, 0.05) is 33.1 Å². The van der Waals surface area contributed by atoms with Gasteiger partial charge in [0.15, 0.2) is 5.82 Å². The highest BCUT2D eigenvalue weighted by Gasteiger charge is 2.27. The molecule has 1 atom stereocenters. The summed E-state index contributed by atoms with van der Waals surface area (Å²) in [6.45, 7) is 0. The number of nitrogens with one attached hydrogen (secondary N) is 1. The van der Waals surface area contributed by atoms with Gasteiger partial charge in [-0.05, 0) is 24.7 Å². The van der Waals surface area contributed by atoms with Crippen LogP contribution in [-0.2, 0) is 0 Å². The Bertz CT molecular complexity index is 1230. The van der Waals surface area contributed by atoms with Crippen LogP contribution in [0.3, 0.4) is 0 Å². The second kappa shape index (κ2) is 5.84. The topological polar surface area (TPSA) is 83.2 Å². The maximum Gasteiger partial charge on any atom is 0.162 e. The van der Waals surface area contributed by atoms with Crippen molar-refractivity contribution in [2.24, 2.45) is 5.89 Å². The summed E-state index contributed by atoms with van der Waals surface area (Å²) < 4.78 is 83.0. The number of nitriles is 1. The lowest BCUT2D eigenvalue weighted by atomic mass is 9.96. The maximum absolute atomic E-state index is 9.49. The van der Waals surface area contributed by atoms with Crippen molar-refractivity contribution in [2.75, 3.05) is 0 Å². The predicted octanol–water partition coefficient (Wildman–Crippen LogP) is 3.42. The lowest BCUT2D eigenvalue weighted by Gasteiger charge is -2.21. The SMILES string of the molecule is [2H]c1nc2nc([2H])c([2H])c-2c(-c2cnn([C@H](C([2H])([2H])C#N)C3([2H])C([2H])([2H])CCC3([2H])[2H])c2)[nH]1. The smallest absolute Gasteiger partial charge is 0.162 e. The quantitative estimate of drug-likeness (QED) is 0.799. The molecule has 1 aromatic rings. The van der Waals surface area contributed by atoms with Crippen molar-refractivity contribution in [3.8, 4) is 28.7 Å². The average Bonchev–Trinajstić information content (AvgIpc) is 3.34. The highest BCUT2D eigenvalue weighted by molar-refractivity contribution is 5.77. The van der Waals surface area contributed by atoms with E-state index < -0.39 is 31.1 Å². The van der Waals surface area contributed by atoms with Gasteiger partial charge < -0.3 is 4.98 Å². The summed E-state index contributed by atoms with van der Waals surface area (Å²) >= 11 is 0. The Morgan fingerprint density at radius 1 is 1.57 bits per heavy atom. The van der Waals surface area contributed by atoms with Crippen LogP contribution in [0.5, 0.6) is 0 Å². The van der Waals surface area contributed by atoms with Gasteiger partial charge in [-0.1, -0.05) is 12.8 Å². The van der Waals surface area contributed by atoms with Crippen molar-refractivity contribution in [3.63, 3.8) is 0 Å². The summed E-state index contributed by atoms with van der Waals surface area (Å²) in [5.41, 5.74) is 0.417. The molecule has 3 heterocycles. The van der Waals surface area contributed by atoms with Gasteiger partial charge in [0.2, 0.25) is 0 Å². The van der Waals surface area contributed by atoms with E-state index in [0.717, 1.165) is 4.68 Å². The van der Waals surface area contributed by atoms with Gasteiger partial charge in [-0.2, -0.15) is 10.4 Å². The van der Waals surface area contributed by atoms with E-state index in [0.29, 0.717) is 0 Å². The monoisotopic (exact) mass is 316 g/mol. The molecule has 0 aromatic carbocycles. The second-order valence-corrected chi connectivity index (χ2v) is 4.91. The third kappa shape index (κ3) is 2.48. The van der Waals surface area contributed by atoms with Gasteiger partial charge in [-0.3, -0.25) is 4.68 Å². The van der Waals surface area contributed by atoms with Crippen molar-refractivity contribution in [3.05, 3.63) is 30.9 Å². The largest absolute Gasteiger partial charge is 0.345 e. The van der Waals surface area contributed by atoms with Gasteiger partial charge in [0.05, 0.1) is 39.4 Å². The zero-order valence-electron chi connectivity index (χ0n) is 21.9. The third-order valence-corrected chi connectivity index (χ3v) is 3.54. The van der Waals surface area contributed by atoms with E-state index in [-0.39, 0.29) is 54.0 Å². The minimum atomic E-state index is -2.87. The number of fused-ring (bicyclic) bond motifs is 1. The fraction of sp³-hybridized carbons (Fsp3) is 0.412. The number of aromatic amines is 1. The number of aromatic nitrogens is 5. The number of hydrogen-bond acceptors (Lipinski definition) is 4. The van der Waals surface area contributed by atoms with Gasteiger partial charge in [0.25, 0.3) is 0 Å². The number of hydrogen-bond donors (Lipinski definition) is 1. The zero-order chi connectivity index (χ0) is 24.6. The summed E-state index contributed by atoms with van der Waals surface area (Å²) in [5, 5.41) is 13.5. The lowest BCUT2D eigenvalue weighted by molar-refractivity contribution is 0.315. The van der Waals surface area contributed by atoms with Crippen molar-refractivity contribution >= 4 is 0 Å². The normalized spacial score (nSPS) is 29.3. The van der Waals surface area contributed by atoms with Crippen LogP contribution in [-0.4, -0.2) is 24.7 Å². The second-order valence-electron chi connectivity index (χ2n) is 4.91. The molecule has 1 saturated carbocycles. The number of rotatable bonds is 4. The molecule has 0 radical (unpaired) electrons. The molecule has 0 bridgehead atoms. The van der Waals surface area contributed by atoms with Crippen molar-refractivity contribution < 1.29 is 13.7 Å². The van der Waals surface area contributed by atoms with Crippen LogP contribution in [0.15, 0.2) is 30.9 Å². The molecular formula is C17H18N6. The molecular weight excluding hydrogens is 288 g/mol. The van der Waals surface area contributed by atoms with E-state index >= 15 is 0 Å². The molecule has 0 spiro atoms. The van der Waals surface area contributed by atoms with Gasteiger partial charge in [0.1, 0.15) is 1.37 Å². The van der Waals surface area contributed by atoms with E-state index in [1.165, 1.54) is 18.5 Å². The molecule has 1 aliphatic carbocycles. The minimum absolute atomic E-state index is 0.0270. The Hall–Kier alpha value is -2.68. The average molecular weight is 316 g/mol. The Labute approximate surface area is 148 Å². The van der Waals surface area contributed by atoms with E-state index in [9.17, 15) is 5.26 Å². The van der Waals surface area contributed by atoms with Crippen LogP contribution in [0.1, 0.15) is 51.7 Å². The standard InChI is InChI=1S/C17H18N6/c18-7-5-15(12-3-1-2-4-12)23-10-13(9-22-23)16-14-6-8-19-17(14)21-11-20-16/h6,8-12,15H,1-5H2,(H,19,20,21)/t15-/m1/s1/i3D2,4D2,5D2,6D,8D,11D,12D. The van der Waals surface area contributed by atoms with Gasteiger partial charge in [-0.25, -0.2) is 9.97 Å². The molecule has 0 amide bonds. The summed E-state index contributed by atoms with van der Waals surface area (Å²) in [4.78, 5) is 10.3. The van der Waals surface area contributed by atoms with Crippen LogP contribution in [0, 0.1) is 17.2 Å². The third-order valence-electron chi connectivity index (χ3n) is 3.54. The van der Waals surface area contributed by atoms with Crippen LogP contribution < -0.4 is 0 Å². The molecule has 23 heavy (non-hydrogen) atoms. The van der Waals surface area contributed by atoms with Crippen molar-refractivity contribution in [1.29, 1.82) is 5.26 Å². The first-order valence-electron chi connectivity index (χ1n) is 12.0. The lowest BCUT2D eigenvalue weighted by Crippen LogP contribution is -2.17. The van der Waals surface area contributed by atoms with Crippen molar-refractivity contribution in [2.45, 2.75) is 38.0 Å². The van der Waals surface area contributed by atoms with E-state index in [1.54, 1.807) is 0 Å². The molecule has 1 N–H and O–H groups in total. The summed E-state index contributed by atoms with van der Waals surface area (Å²) in [6.07, 6.45) is -6.75. The van der Waals surface area contributed by atoms with E-state index in [2.05, 4.69) is 20.1 Å². The molecule has 1 fully saturated rings. The first-order valence-corrected chi connectivity index (χ1v) is 6.95. The Balaban J connectivity index is 1.93. The van der Waals surface area contributed by atoms with Crippen LogP contribution >= 0.6 is 0 Å². The first kappa shape index (κ1) is 6.83. The number of H-pyrrole nitrogens is 1. The summed E-state index contributed by atoms with van der Waals surface area (Å²) in [7, 11) is 0. The molecule has 1 aromatic heterocycles. The molecule has 116 valence electrons. The van der Waals surface area contributed by atoms with E-state index in [1.807, 2.05) is 0 Å². The molecule has 0 unspecified atom stereocenters. The van der Waals surface area contributed by atoms with Crippen LogP contribution in [0.25, 0.3) is 22.6 Å². The van der Waals surface area contributed by atoms with Gasteiger partial charge >= 0.3 is 0 Å². The van der Waals surface area contributed by atoms with Crippen LogP contribution in [0.2, 0.25) is 0 Å². The molecule has 3 aliphatic rings. The van der Waals surface area contributed by atoms with Crippen LogP contribution in [0.4, 0.5) is 0 Å². The summed E-state index contributed by atoms with van der Waals surface area (Å²) in [5.74, 6) is -2.72. The first-order chi connectivity index (χ1) is 15.2. The fourth-order valence-corrected chi connectivity index (χ4v) is 2.51. The van der Waals surface area contributed by atoms with Gasteiger partial charge in [-0.15, -0.1) is 0 Å². The summed E-state index contributed by atoms with van der Waals surface area (Å²) in [6, 6.07) is -0.807. The number of nitrogens with zero attached hydrogens (tertiary/aromatic N) is 5. The molecule has 6 nitrogen and oxygen atoms in total. The maximum atomic E-state index is 9.49. The fourth-order valence-electron chi connectivity index (χ4n) is 2.51. The van der Waals surface area contributed by atoms with Crippen molar-refractivity contribution in [1.82, 2.24) is 24.7 Å². The molecule has 0 saturated heterocycles. The predicted molar refractivity (Wildman–Crippen MR) is 85.5 cm³/mol. The Kier molecular flexibility index (Phi) is 1.73. The molecule has 4 rings (SSSR count). The zero-order valence-corrected chi connectivity index (χ0v) is 11.9. The molecule has 2 aliphatic heterocycles.